The van der Waals surface area contributed by atoms with Crippen LogP contribution in [0.15, 0.2) is 0 Å². The van der Waals surface area contributed by atoms with E-state index >= 15 is 0 Å². The molecule has 0 amide bonds. The minimum atomic E-state index is -0.118. The van der Waals surface area contributed by atoms with Crippen molar-refractivity contribution in [3.63, 3.8) is 0 Å². The van der Waals surface area contributed by atoms with E-state index in [1.807, 2.05) is 0 Å². The van der Waals surface area contributed by atoms with E-state index in [1.54, 1.807) is 0 Å². The molecule has 0 aromatic carbocycles. The van der Waals surface area contributed by atoms with Crippen LogP contribution in [0.1, 0.15) is 64.7 Å². The van der Waals surface area contributed by atoms with E-state index in [2.05, 4.69) is 18.8 Å². The first-order chi connectivity index (χ1) is 7.83. The lowest BCUT2D eigenvalue weighted by molar-refractivity contribution is -0.139. The van der Waals surface area contributed by atoms with Crippen molar-refractivity contribution in [2.75, 3.05) is 0 Å². The predicted molar refractivity (Wildman–Crippen MR) is 64.9 cm³/mol. The van der Waals surface area contributed by atoms with Crippen molar-refractivity contribution in [3.8, 4) is 11.8 Å². The summed E-state index contributed by atoms with van der Waals surface area (Å²) in [6.45, 7) is 2.23. The summed E-state index contributed by atoms with van der Waals surface area (Å²) >= 11 is 0. The number of cyclic esters (lactones) is 1. The fraction of sp³-hybridized carbons (Fsp3) is 0.786. The van der Waals surface area contributed by atoms with Crippen molar-refractivity contribution < 1.29 is 9.53 Å². The summed E-state index contributed by atoms with van der Waals surface area (Å²) in [6.07, 6.45) is 9.93. The van der Waals surface area contributed by atoms with Gasteiger partial charge in [-0.05, 0) is 6.42 Å². The quantitative estimate of drug-likeness (QED) is 0.391. The van der Waals surface area contributed by atoms with E-state index in [9.17, 15) is 4.79 Å². The molecule has 1 atom stereocenters. The molecule has 0 aromatic rings. The number of ether oxygens (including phenoxy) is 1. The van der Waals surface area contributed by atoms with Gasteiger partial charge < -0.3 is 4.74 Å². The van der Waals surface area contributed by atoms with Gasteiger partial charge in [0.25, 0.3) is 0 Å². The van der Waals surface area contributed by atoms with Gasteiger partial charge in [0, 0.05) is 12.8 Å². The molecule has 16 heavy (non-hydrogen) atoms. The lowest BCUT2D eigenvalue weighted by Crippen LogP contribution is -2.02. The molecule has 1 heterocycles. The van der Waals surface area contributed by atoms with Crippen molar-refractivity contribution in [2.45, 2.75) is 70.8 Å². The number of esters is 1. The molecule has 0 radical (unpaired) electrons. The Morgan fingerprint density at radius 1 is 1.25 bits per heavy atom. The molecular formula is C14H22O2. The van der Waals surface area contributed by atoms with Gasteiger partial charge in [0.2, 0.25) is 0 Å². The monoisotopic (exact) mass is 222 g/mol. The molecule has 2 nitrogen and oxygen atoms in total. The Hall–Kier alpha value is -0.970. The molecule has 1 aliphatic heterocycles. The second kappa shape index (κ2) is 8.21. The number of unbranched alkanes of at least 4 members (excludes halogenated alkanes) is 6. The van der Waals surface area contributed by atoms with Crippen LogP contribution in [0.4, 0.5) is 0 Å². The summed E-state index contributed by atoms with van der Waals surface area (Å²) in [6, 6.07) is 0. The summed E-state index contributed by atoms with van der Waals surface area (Å²) in [7, 11) is 0. The Kier molecular flexibility index (Phi) is 6.72. The van der Waals surface area contributed by atoms with Gasteiger partial charge in [-0.25, -0.2) is 0 Å². The molecule has 1 fully saturated rings. The molecule has 0 bridgehead atoms. The zero-order valence-corrected chi connectivity index (χ0v) is 10.3. The van der Waals surface area contributed by atoms with Crippen LogP contribution < -0.4 is 0 Å². The van der Waals surface area contributed by atoms with Crippen molar-refractivity contribution in [1.82, 2.24) is 0 Å². The Bertz CT molecular complexity index is 260. The van der Waals surface area contributed by atoms with Crippen LogP contribution in [0.25, 0.3) is 0 Å². The number of hydrogen-bond acceptors (Lipinski definition) is 2. The van der Waals surface area contributed by atoms with Crippen LogP contribution in [0.2, 0.25) is 0 Å². The van der Waals surface area contributed by atoms with Gasteiger partial charge in [-0.2, -0.15) is 0 Å². The summed E-state index contributed by atoms with van der Waals surface area (Å²) in [5.74, 6) is 6.03. The van der Waals surface area contributed by atoms with Crippen LogP contribution in [0, 0.1) is 11.8 Å². The minimum Gasteiger partial charge on any atom is -0.449 e. The highest BCUT2D eigenvalue weighted by molar-refractivity contribution is 5.72. The van der Waals surface area contributed by atoms with Crippen molar-refractivity contribution in [2.24, 2.45) is 0 Å². The Balaban J connectivity index is 1.94. The van der Waals surface area contributed by atoms with Gasteiger partial charge in [-0.1, -0.05) is 50.9 Å². The lowest BCUT2D eigenvalue weighted by atomic mass is 10.1. The maximum Gasteiger partial charge on any atom is 0.307 e. The van der Waals surface area contributed by atoms with Gasteiger partial charge in [0.15, 0.2) is 6.10 Å². The number of rotatable bonds is 6. The number of hydrogen-bond donors (Lipinski definition) is 0. The fourth-order valence-electron chi connectivity index (χ4n) is 1.81. The van der Waals surface area contributed by atoms with E-state index in [-0.39, 0.29) is 12.1 Å². The standard InChI is InChI=1S/C14H22O2/c1-2-3-4-5-6-7-8-9-10-13-11-12-14(15)16-13/h13H,2-8,11-12H2,1H3/t13-/m1/s1. The van der Waals surface area contributed by atoms with Gasteiger partial charge in [0.1, 0.15) is 0 Å². The maximum atomic E-state index is 10.8. The first kappa shape index (κ1) is 13.1. The Morgan fingerprint density at radius 3 is 2.69 bits per heavy atom. The molecular weight excluding hydrogens is 200 g/mol. The third-order valence-corrected chi connectivity index (χ3v) is 2.80. The van der Waals surface area contributed by atoms with Crippen LogP contribution in [0.5, 0.6) is 0 Å². The highest BCUT2D eigenvalue weighted by atomic mass is 16.5. The summed E-state index contributed by atoms with van der Waals surface area (Å²) in [5.41, 5.74) is 0. The van der Waals surface area contributed by atoms with E-state index in [0.29, 0.717) is 6.42 Å². The van der Waals surface area contributed by atoms with Crippen LogP contribution in [-0.2, 0) is 9.53 Å². The first-order valence-corrected chi connectivity index (χ1v) is 6.51. The van der Waals surface area contributed by atoms with Gasteiger partial charge in [-0.15, -0.1) is 0 Å². The SMILES string of the molecule is CCCCCCCCC#C[C@@H]1CCC(=O)O1. The molecule has 2 heteroatoms. The third-order valence-electron chi connectivity index (χ3n) is 2.80. The predicted octanol–water partition coefficient (Wildman–Crippen LogP) is 3.45. The van der Waals surface area contributed by atoms with Gasteiger partial charge in [-0.3, -0.25) is 4.79 Å². The van der Waals surface area contributed by atoms with E-state index < -0.39 is 0 Å². The molecule has 0 aliphatic carbocycles. The second-order valence-corrected chi connectivity index (χ2v) is 4.36. The molecule has 0 aromatic heterocycles. The number of carbonyl (C=O) groups is 1. The zero-order chi connectivity index (χ0) is 11.6. The summed E-state index contributed by atoms with van der Waals surface area (Å²) in [4.78, 5) is 10.8. The average Bonchev–Trinajstić information content (AvgIpc) is 2.68. The smallest absolute Gasteiger partial charge is 0.307 e. The zero-order valence-electron chi connectivity index (χ0n) is 10.3. The van der Waals surface area contributed by atoms with Gasteiger partial charge >= 0.3 is 5.97 Å². The molecule has 90 valence electrons. The largest absolute Gasteiger partial charge is 0.449 e. The van der Waals surface area contributed by atoms with E-state index in [4.69, 9.17) is 4.74 Å². The third kappa shape index (κ3) is 5.80. The normalized spacial score (nSPS) is 19.1. The molecule has 1 aliphatic rings. The average molecular weight is 222 g/mol. The van der Waals surface area contributed by atoms with Crippen molar-refractivity contribution in [3.05, 3.63) is 0 Å². The highest BCUT2D eigenvalue weighted by Crippen LogP contribution is 2.12. The van der Waals surface area contributed by atoms with Crippen LogP contribution in [0.3, 0.4) is 0 Å². The summed E-state index contributed by atoms with van der Waals surface area (Å²) < 4.78 is 5.01. The maximum absolute atomic E-state index is 10.8. The fourth-order valence-corrected chi connectivity index (χ4v) is 1.81. The van der Waals surface area contributed by atoms with Crippen molar-refractivity contribution >= 4 is 5.97 Å². The molecule has 0 N–H and O–H groups in total. The Labute approximate surface area is 98.8 Å². The lowest BCUT2D eigenvalue weighted by Gasteiger charge is -1.98. The highest BCUT2D eigenvalue weighted by Gasteiger charge is 2.20. The molecule has 0 unspecified atom stereocenters. The molecule has 1 saturated heterocycles. The molecule has 0 saturated carbocycles. The summed E-state index contributed by atoms with van der Waals surface area (Å²) in [5, 5.41) is 0. The van der Waals surface area contributed by atoms with E-state index in [0.717, 1.165) is 12.8 Å². The number of carbonyl (C=O) groups excluding carboxylic acids is 1. The van der Waals surface area contributed by atoms with Gasteiger partial charge in [0.05, 0.1) is 6.42 Å². The van der Waals surface area contributed by atoms with Crippen molar-refractivity contribution in [1.29, 1.82) is 0 Å². The Morgan fingerprint density at radius 2 is 2.00 bits per heavy atom. The first-order valence-electron chi connectivity index (χ1n) is 6.51. The van der Waals surface area contributed by atoms with Crippen LogP contribution >= 0.6 is 0 Å². The van der Waals surface area contributed by atoms with Crippen LogP contribution in [-0.4, -0.2) is 12.1 Å². The topological polar surface area (TPSA) is 26.3 Å². The van der Waals surface area contributed by atoms with E-state index in [1.165, 1.54) is 38.5 Å². The minimum absolute atomic E-state index is 0.0983. The molecule has 0 spiro atoms. The second-order valence-electron chi connectivity index (χ2n) is 4.36. The molecule has 1 rings (SSSR count).